The Morgan fingerprint density at radius 1 is 1.00 bits per heavy atom. The third kappa shape index (κ3) is 4.28. The minimum absolute atomic E-state index is 0.0897. The summed E-state index contributed by atoms with van der Waals surface area (Å²) in [5.74, 6) is 1.22. The van der Waals surface area contributed by atoms with Crippen LogP contribution in [0.25, 0.3) is 0 Å². The Kier molecular flexibility index (Phi) is 5.36. The molecule has 0 radical (unpaired) electrons. The fraction of sp³-hybridized carbons (Fsp3) is 0.350. The monoisotopic (exact) mass is 387 g/mol. The molecule has 0 spiro atoms. The molecule has 2 aliphatic rings. The number of halogens is 1. The van der Waals surface area contributed by atoms with Gasteiger partial charge in [0.25, 0.3) is 5.91 Å². The molecule has 6 nitrogen and oxygen atoms in total. The highest BCUT2D eigenvalue weighted by atomic mass is 35.5. The number of nitrogens with one attached hydrogen (secondary N) is 1. The lowest BCUT2D eigenvalue weighted by Crippen LogP contribution is -2.48. The molecule has 2 heterocycles. The summed E-state index contributed by atoms with van der Waals surface area (Å²) in [6, 6.07) is 13.2. The molecule has 0 unspecified atom stereocenters. The summed E-state index contributed by atoms with van der Waals surface area (Å²) < 4.78 is 10.6. The van der Waals surface area contributed by atoms with Crippen LogP contribution in [0.1, 0.15) is 10.4 Å². The summed E-state index contributed by atoms with van der Waals surface area (Å²) in [5.41, 5.74) is 1.79. The molecule has 1 saturated heterocycles. The molecule has 2 aliphatic heterocycles. The molecule has 27 heavy (non-hydrogen) atoms. The van der Waals surface area contributed by atoms with Gasteiger partial charge in [0.15, 0.2) is 11.5 Å². The van der Waals surface area contributed by atoms with Crippen LogP contribution in [0.15, 0.2) is 42.5 Å². The highest BCUT2D eigenvalue weighted by Crippen LogP contribution is 2.32. The summed E-state index contributed by atoms with van der Waals surface area (Å²) in [6.45, 7) is 5.56. The van der Waals surface area contributed by atoms with Gasteiger partial charge in [-0.2, -0.15) is 0 Å². The predicted molar refractivity (Wildman–Crippen MR) is 105 cm³/mol. The van der Waals surface area contributed by atoms with Gasteiger partial charge in [-0.3, -0.25) is 9.69 Å². The topological polar surface area (TPSA) is 54.0 Å². The van der Waals surface area contributed by atoms with E-state index in [1.54, 1.807) is 18.2 Å². The second-order valence-electron chi connectivity index (χ2n) is 6.63. The molecular weight excluding hydrogens is 366 g/mol. The van der Waals surface area contributed by atoms with Gasteiger partial charge in [0.05, 0.1) is 0 Å². The second-order valence-corrected chi connectivity index (χ2v) is 7.07. The molecule has 4 rings (SSSR count). The maximum atomic E-state index is 12.3. The zero-order chi connectivity index (χ0) is 18.6. The van der Waals surface area contributed by atoms with Crippen molar-refractivity contribution in [2.24, 2.45) is 0 Å². The number of carbonyl (C=O) groups is 1. The van der Waals surface area contributed by atoms with E-state index in [1.165, 1.54) is 5.69 Å². The lowest BCUT2D eigenvalue weighted by atomic mass is 10.2. The van der Waals surface area contributed by atoms with E-state index in [-0.39, 0.29) is 12.7 Å². The number of amides is 1. The second kappa shape index (κ2) is 8.06. The summed E-state index contributed by atoms with van der Waals surface area (Å²) in [4.78, 5) is 17.0. The van der Waals surface area contributed by atoms with Gasteiger partial charge in [0, 0.05) is 55.5 Å². The van der Waals surface area contributed by atoms with Crippen molar-refractivity contribution >= 4 is 23.2 Å². The minimum Gasteiger partial charge on any atom is -0.454 e. The Balaban J connectivity index is 1.21. The number of fused-ring (bicyclic) bond motifs is 1. The van der Waals surface area contributed by atoms with Crippen molar-refractivity contribution in [2.45, 2.75) is 0 Å². The molecule has 0 aromatic heterocycles. The molecule has 7 heteroatoms. The molecule has 0 saturated carbocycles. The van der Waals surface area contributed by atoms with E-state index in [0.717, 1.165) is 37.7 Å². The Bertz CT molecular complexity index is 805. The highest BCUT2D eigenvalue weighted by Gasteiger charge is 2.18. The van der Waals surface area contributed by atoms with E-state index in [9.17, 15) is 4.79 Å². The van der Waals surface area contributed by atoms with Crippen LogP contribution < -0.4 is 19.7 Å². The van der Waals surface area contributed by atoms with Gasteiger partial charge in [-0.15, -0.1) is 0 Å². The molecule has 1 amide bonds. The third-order valence-corrected chi connectivity index (χ3v) is 5.16. The van der Waals surface area contributed by atoms with Crippen molar-refractivity contribution in [3.8, 4) is 11.5 Å². The number of rotatable bonds is 5. The Morgan fingerprint density at radius 3 is 2.52 bits per heavy atom. The van der Waals surface area contributed by atoms with Crippen LogP contribution in [0.3, 0.4) is 0 Å². The molecule has 1 N–H and O–H groups in total. The molecule has 0 aliphatic carbocycles. The summed E-state index contributed by atoms with van der Waals surface area (Å²) in [5, 5.41) is 3.74. The van der Waals surface area contributed by atoms with Crippen molar-refractivity contribution in [1.82, 2.24) is 10.2 Å². The van der Waals surface area contributed by atoms with Crippen LogP contribution in [0.4, 0.5) is 5.69 Å². The normalized spacial score (nSPS) is 16.4. The minimum atomic E-state index is -0.0897. The number of ether oxygens (including phenoxy) is 2. The zero-order valence-corrected chi connectivity index (χ0v) is 15.7. The van der Waals surface area contributed by atoms with Gasteiger partial charge >= 0.3 is 0 Å². The third-order valence-electron chi connectivity index (χ3n) is 4.91. The number of hydrogen-bond donors (Lipinski definition) is 1. The number of piperazine rings is 1. The lowest BCUT2D eigenvalue weighted by molar-refractivity contribution is 0.0947. The van der Waals surface area contributed by atoms with Gasteiger partial charge in [-0.05, 0) is 42.5 Å². The van der Waals surface area contributed by atoms with Gasteiger partial charge in [-0.1, -0.05) is 11.6 Å². The highest BCUT2D eigenvalue weighted by molar-refractivity contribution is 6.30. The fourth-order valence-corrected chi connectivity index (χ4v) is 3.47. The first-order valence-corrected chi connectivity index (χ1v) is 9.47. The first kappa shape index (κ1) is 17.9. The smallest absolute Gasteiger partial charge is 0.251 e. The molecule has 0 atom stereocenters. The van der Waals surface area contributed by atoms with Crippen molar-refractivity contribution in [2.75, 3.05) is 51.0 Å². The molecule has 1 fully saturated rings. The number of anilines is 1. The number of benzene rings is 2. The van der Waals surface area contributed by atoms with Crippen LogP contribution >= 0.6 is 11.6 Å². The SMILES string of the molecule is O=C(NCCN1CCN(c2ccc(Cl)cc2)CC1)c1ccc2c(c1)OCO2. The van der Waals surface area contributed by atoms with Gasteiger partial charge < -0.3 is 19.7 Å². The summed E-state index contributed by atoms with van der Waals surface area (Å²) >= 11 is 5.95. The van der Waals surface area contributed by atoms with Crippen LogP contribution in [-0.2, 0) is 0 Å². The average Bonchev–Trinajstić information content (AvgIpc) is 3.17. The fourth-order valence-electron chi connectivity index (χ4n) is 3.35. The summed E-state index contributed by atoms with van der Waals surface area (Å²) in [7, 11) is 0. The standard InChI is InChI=1S/C20H22ClN3O3/c21-16-2-4-17(5-3-16)24-11-9-23(10-12-24)8-7-22-20(25)15-1-6-18-19(13-15)27-14-26-18/h1-6,13H,7-12,14H2,(H,22,25). The summed E-state index contributed by atoms with van der Waals surface area (Å²) in [6.07, 6.45) is 0. The Morgan fingerprint density at radius 2 is 1.74 bits per heavy atom. The lowest BCUT2D eigenvalue weighted by Gasteiger charge is -2.36. The quantitative estimate of drug-likeness (QED) is 0.854. The van der Waals surface area contributed by atoms with E-state index in [4.69, 9.17) is 21.1 Å². The van der Waals surface area contributed by atoms with Gasteiger partial charge in [-0.25, -0.2) is 0 Å². The van der Waals surface area contributed by atoms with Crippen molar-refractivity contribution in [3.05, 3.63) is 53.1 Å². The Hall–Kier alpha value is -2.44. The molecule has 0 bridgehead atoms. The average molecular weight is 388 g/mol. The van der Waals surface area contributed by atoms with Gasteiger partial charge in [0.2, 0.25) is 6.79 Å². The van der Waals surface area contributed by atoms with Crippen LogP contribution in [0, 0.1) is 0 Å². The van der Waals surface area contributed by atoms with Crippen molar-refractivity contribution < 1.29 is 14.3 Å². The Labute approximate surface area is 163 Å². The van der Waals surface area contributed by atoms with Crippen LogP contribution in [0.5, 0.6) is 11.5 Å². The number of hydrogen-bond acceptors (Lipinski definition) is 5. The maximum Gasteiger partial charge on any atom is 0.251 e. The maximum absolute atomic E-state index is 12.3. The first-order chi connectivity index (χ1) is 13.2. The number of nitrogens with zero attached hydrogens (tertiary/aromatic N) is 2. The van der Waals surface area contributed by atoms with E-state index < -0.39 is 0 Å². The largest absolute Gasteiger partial charge is 0.454 e. The van der Waals surface area contributed by atoms with E-state index in [0.29, 0.717) is 23.6 Å². The first-order valence-electron chi connectivity index (χ1n) is 9.10. The van der Waals surface area contributed by atoms with Crippen LogP contribution in [-0.4, -0.2) is 56.9 Å². The van der Waals surface area contributed by atoms with Crippen molar-refractivity contribution in [1.29, 1.82) is 0 Å². The zero-order valence-electron chi connectivity index (χ0n) is 15.0. The predicted octanol–water partition coefficient (Wildman–Crippen LogP) is 2.62. The number of carbonyl (C=O) groups excluding carboxylic acids is 1. The van der Waals surface area contributed by atoms with Crippen molar-refractivity contribution in [3.63, 3.8) is 0 Å². The van der Waals surface area contributed by atoms with Crippen LogP contribution in [0.2, 0.25) is 5.02 Å². The van der Waals surface area contributed by atoms with Gasteiger partial charge in [0.1, 0.15) is 0 Å². The van der Waals surface area contributed by atoms with E-state index in [1.807, 2.05) is 12.1 Å². The molecule has 142 valence electrons. The molecule has 2 aromatic rings. The molecule has 2 aromatic carbocycles. The van der Waals surface area contributed by atoms with E-state index in [2.05, 4.69) is 27.2 Å². The van der Waals surface area contributed by atoms with E-state index >= 15 is 0 Å². The molecular formula is C20H22ClN3O3.